The lowest BCUT2D eigenvalue weighted by Gasteiger charge is -2.21. The number of hydrogen-bond acceptors (Lipinski definition) is 1. The fraction of sp³-hybridized carbons (Fsp3) is 0.500. The molecule has 1 aliphatic carbocycles. The van der Waals surface area contributed by atoms with Crippen LogP contribution in [0.4, 0.5) is 4.39 Å². The highest BCUT2D eigenvalue weighted by molar-refractivity contribution is 5.81. The van der Waals surface area contributed by atoms with E-state index in [2.05, 4.69) is 6.92 Å². The second kappa shape index (κ2) is 4.86. The van der Waals surface area contributed by atoms with Crippen LogP contribution in [0.5, 0.6) is 0 Å². The summed E-state index contributed by atoms with van der Waals surface area (Å²) in [5.74, 6) is 0.683. The molecule has 0 radical (unpaired) electrons. The van der Waals surface area contributed by atoms with E-state index in [-0.39, 0.29) is 17.6 Å². The third kappa shape index (κ3) is 2.84. The molecule has 1 aromatic carbocycles. The van der Waals surface area contributed by atoms with Crippen LogP contribution in [0.25, 0.3) is 0 Å². The van der Waals surface area contributed by atoms with Crippen molar-refractivity contribution in [1.82, 2.24) is 4.90 Å². The standard InChI is InChI=1S/C14H18FNO/c1-3-16(14(17)13-7-10(13)2)9-11-5-4-6-12(15)8-11/h4-6,8,10,13H,3,7,9H2,1-2H3/t10-,13-/m1/s1. The highest BCUT2D eigenvalue weighted by atomic mass is 19.1. The molecule has 0 aromatic heterocycles. The molecule has 0 spiro atoms. The molecule has 1 aromatic rings. The number of carbonyl (C=O) groups excluding carboxylic acids is 1. The predicted octanol–water partition coefficient (Wildman–Crippen LogP) is 2.83. The number of hydrogen-bond donors (Lipinski definition) is 0. The lowest BCUT2D eigenvalue weighted by Crippen LogP contribution is -2.31. The zero-order chi connectivity index (χ0) is 12.4. The van der Waals surface area contributed by atoms with Gasteiger partial charge in [-0.05, 0) is 37.0 Å². The average molecular weight is 235 g/mol. The SMILES string of the molecule is CCN(Cc1cccc(F)c1)C(=O)[C@@H]1C[C@H]1C. The minimum absolute atomic E-state index is 0.198. The second-order valence-corrected chi connectivity index (χ2v) is 4.80. The van der Waals surface area contributed by atoms with Crippen molar-refractivity contribution >= 4 is 5.91 Å². The first kappa shape index (κ1) is 12.1. The van der Waals surface area contributed by atoms with E-state index in [1.807, 2.05) is 17.9 Å². The second-order valence-electron chi connectivity index (χ2n) is 4.80. The fourth-order valence-corrected chi connectivity index (χ4v) is 2.10. The van der Waals surface area contributed by atoms with Crippen molar-refractivity contribution in [2.24, 2.45) is 11.8 Å². The van der Waals surface area contributed by atoms with Crippen LogP contribution in [0.3, 0.4) is 0 Å². The summed E-state index contributed by atoms with van der Waals surface area (Å²) in [6, 6.07) is 6.45. The number of nitrogens with zero attached hydrogens (tertiary/aromatic N) is 1. The van der Waals surface area contributed by atoms with Gasteiger partial charge in [-0.1, -0.05) is 19.1 Å². The smallest absolute Gasteiger partial charge is 0.226 e. The Bertz CT molecular complexity index is 418. The number of rotatable bonds is 4. The molecular formula is C14H18FNO. The Labute approximate surface area is 101 Å². The summed E-state index contributed by atoms with van der Waals surface area (Å²) in [4.78, 5) is 13.9. The maximum atomic E-state index is 13.1. The Morgan fingerprint density at radius 1 is 1.53 bits per heavy atom. The zero-order valence-electron chi connectivity index (χ0n) is 10.3. The Kier molecular flexibility index (Phi) is 3.46. The van der Waals surface area contributed by atoms with E-state index in [9.17, 15) is 9.18 Å². The average Bonchev–Trinajstić information content (AvgIpc) is 3.02. The number of benzene rings is 1. The lowest BCUT2D eigenvalue weighted by atomic mass is 10.2. The maximum Gasteiger partial charge on any atom is 0.226 e. The van der Waals surface area contributed by atoms with Crippen LogP contribution in [-0.2, 0) is 11.3 Å². The van der Waals surface area contributed by atoms with E-state index in [0.717, 1.165) is 12.0 Å². The highest BCUT2D eigenvalue weighted by Crippen LogP contribution is 2.39. The summed E-state index contributed by atoms with van der Waals surface area (Å²) in [7, 11) is 0. The zero-order valence-corrected chi connectivity index (χ0v) is 10.3. The molecule has 0 bridgehead atoms. The van der Waals surface area contributed by atoms with Crippen molar-refractivity contribution in [1.29, 1.82) is 0 Å². The van der Waals surface area contributed by atoms with Crippen LogP contribution >= 0.6 is 0 Å². The van der Waals surface area contributed by atoms with E-state index in [0.29, 0.717) is 19.0 Å². The minimum Gasteiger partial charge on any atom is -0.338 e. The quantitative estimate of drug-likeness (QED) is 0.785. The summed E-state index contributed by atoms with van der Waals surface area (Å²) in [5, 5.41) is 0. The lowest BCUT2D eigenvalue weighted by molar-refractivity contribution is -0.133. The predicted molar refractivity (Wildman–Crippen MR) is 64.8 cm³/mol. The van der Waals surface area contributed by atoms with Gasteiger partial charge >= 0.3 is 0 Å². The van der Waals surface area contributed by atoms with E-state index >= 15 is 0 Å². The van der Waals surface area contributed by atoms with E-state index < -0.39 is 0 Å². The molecule has 3 heteroatoms. The van der Waals surface area contributed by atoms with Crippen molar-refractivity contribution in [2.45, 2.75) is 26.8 Å². The molecule has 1 aliphatic rings. The van der Waals surface area contributed by atoms with E-state index in [1.165, 1.54) is 12.1 Å². The van der Waals surface area contributed by atoms with Gasteiger partial charge in [0.05, 0.1) is 0 Å². The Morgan fingerprint density at radius 3 is 2.76 bits per heavy atom. The Morgan fingerprint density at radius 2 is 2.24 bits per heavy atom. The van der Waals surface area contributed by atoms with Crippen molar-refractivity contribution < 1.29 is 9.18 Å². The van der Waals surface area contributed by atoms with Crippen LogP contribution in [0.2, 0.25) is 0 Å². The molecule has 0 saturated heterocycles. The maximum absolute atomic E-state index is 13.1. The minimum atomic E-state index is -0.245. The molecule has 2 atom stereocenters. The summed E-state index contributed by atoms with van der Waals surface area (Å²) in [6.07, 6.45) is 0.998. The summed E-state index contributed by atoms with van der Waals surface area (Å²) in [5.41, 5.74) is 0.855. The Hall–Kier alpha value is -1.38. The van der Waals surface area contributed by atoms with Gasteiger partial charge in [-0.2, -0.15) is 0 Å². The molecule has 2 nitrogen and oxygen atoms in total. The molecule has 0 unspecified atom stereocenters. The first-order valence-corrected chi connectivity index (χ1v) is 6.15. The van der Waals surface area contributed by atoms with Gasteiger partial charge in [0.15, 0.2) is 0 Å². The molecule has 0 aliphatic heterocycles. The van der Waals surface area contributed by atoms with E-state index in [1.54, 1.807) is 6.07 Å². The first-order valence-electron chi connectivity index (χ1n) is 6.15. The fourth-order valence-electron chi connectivity index (χ4n) is 2.10. The van der Waals surface area contributed by atoms with Crippen molar-refractivity contribution in [3.63, 3.8) is 0 Å². The largest absolute Gasteiger partial charge is 0.338 e. The third-order valence-corrected chi connectivity index (χ3v) is 3.38. The van der Waals surface area contributed by atoms with E-state index in [4.69, 9.17) is 0 Å². The first-order chi connectivity index (χ1) is 8.11. The normalized spacial score (nSPS) is 22.3. The van der Waals surface area contributed by atoms with Gasteiger partial charge in [-0.15, -0.1) is 0 Å². The summed E-state index contributed by atoms with van der Waals surface area (Å²) >= 11 is 0. The molecule has 92 valence electrons. The van der Waals surface area contributed by atoms with Gasteiger partial charge < -0.3 is 4.90 Å². The van der Waals surface area contributed by atoms with Gasteiger partial charge in [0.2, 0.25) is 5.91 Å². The topological polar surface area (TPSA) is 20.3 Å². The molecule has 17 heavy (non-hydrogen) atoms. The van der Waals surface area contributed by atoms with Crippen molar-refractivity contribution in [3.05, 3.63) is 35.6 Å². The van der Waals surface area contributed by atoms with Crippen LogP contribution in [0.15, 0.2) is 24.3 Å². The highest BCUT2D eigenvalue weighted by Gasteiger charge is 2.41. The molecule has 1 fully saturated rings. The van der Waals surface area contributed by atoms with Gasteiger partial charge in [-0.25, -0.2) is 4.39 Å². The number of carbonyl (C=O) groups is 1. The molecule has 0 heterocycles. The monoisotopic (exact) mass is 235 g/mol. The van der Waals surface area contributed by atoms with Crippen LogP contribution in [-0.4, -0.2) is 17.4 Å². The molecule has 1 amide bonds. The molecule has 2 rings (SSSR count). The van der Waals surface area contributed by atoms with Crippen LogP contribution in [0, 0.1) is 17.7 Å². The third-order valence-electron chi connectivity index (χ3n) is 3.38. The van der Waals surface area contributed by atoms with Crippen molar-refractivity contribution in [3.8, 4) is 0 Å². The van der Waals surface area contributed by atoms with Gasteiger partial charge in [0.25, 0.3) is 0 Å². The van der Waals surface area contributed by atoms with Crippen LogP contribution < -0.4 is 0 Å². The molecular weight excluding hydrogens is 217 g/mol. The van der Waals surface area contributed by atoms with Gasteiger partial charge in [-0.3, -0.25) is 4.79 Å². The van der Waals surface area contributed by atoms with Gasteiger partial charge in [0, 0.05) is 19.0 Å². The number of halogens is 1. The number of amides is 1. The summed E-state index contributed by atoms with van der Waals surface area (Å²) < 4.78 is 13.1. The van der Waals surface area contributed by atoms with Crippen molar-refractivity contribution in [2.75, 3.05) is 6.54 Å². The summed E-state index contributed by atoms with van der Waals surface area (Å²) in [6.45, 7) is 5.25. The molecule has 1 saturated carbocycles. The Balaban J connectivity index is 2.02. The van der Waals surface area contributed by atoms with Gasteiger partial charge in [0.1, 0.15) is 5.82 Å². The molecule has 0 N–H and O–H groups in total. The van der Waals surface area contributed by atoms with Crippen LogP contribution in [0.1, 0.15) is 25.8 Å².